The van der Waals surface area contributed by atoms with E-state index in [0.717, 1.165) is 5.69 Å². The van der Waals surface area contributed by atoms with E-state index < -0.39 is 5.97 Å². The Hall–Kier alpha value is -2.56. The molecule has 0 aliphatic rings. The summed E-state index contributed by atoms with van der Waals surface area (Å²) >= 11 is 0. The maximum Gasteiger partial charge on any atom is 0.340 e. The summed E-state index contributed by atoms with van der Waals surface area (Å²) in [4.78, 5) is 13.8. The molecule has 2 N–H and O–H groups in total. The number of hydrogen-bond acceptors (Lipinski definition) is 4. The minimum absolute atomic E-state index is 0.316. The molecule has 2 aromatic rings. The Morgan fingerprint density at radius 3 is 2.48 bits per heavy atom. The molecule has 0 aliphatic heterocycles. The first-order valence-electron chi connectivity index (χ1n) is 6.58. The molecule has 2 aromatic carbocycles. The van der Waals surface area contributed by atoms with Gasteiger partial charge in [0.1, 0.15) is 5.82 Å². The highest BCUT2D eigenvalue weighted by Crippen LogP contribution is 2.34. The van der Waals surface area contributed by atoms with Crippen LogP contribution in [0.3, 0.4) is 0 Å². The fraction of sp³-hybridized carbons (Fsp3) is 0.188. The number of para-hydroxylation sites is 1. The van der Waals surface area contributed by atoms with Crippen LogP contribution in [0.1, 0.15) is 17.3 Å². The number of rotatable bonds is 4. The lowest BCUT2D eigenvalue weighted by Gasteiger charge is -2.26. The molecular formula is C16H17FN2O2. The van der Waals surface area contributed by atoms with Gasteiger partial charge < -0.3 is 15.4 Å². The van der Waals surface area contributed by atoms with E-state index in [4.69, 9.17) is 10.5 Å². The summed E-state index contributed by atoms with van der Waals surface area (Å²) < 4.78 is 17.9. The second kappa shape index (κ2) is 6.26. The molecule has 0 saturated heterocycles. The summed E-state index contributed by atoms with van der Waals surface area (Å²) in [6, 6.07) is 11.1. The number of benzene rings is 2. The number of ether oxygens (including phenoxy) is 1. The van der Waals surface area contributed by atoms with Crippen molar-refractivity contribution < 1.29 is 13.9 Å². The molecular weight excluding hydrogens is 271 g/mol. The fourth-order valence-corrected chi connectivity index (χ4v) is 2.23. The Kier molecular flexibility index (Phi) is 4.42. The minimum Gasteiger partial charge on any atom is -0.465 e. The van der Waals surface area contributed by atoms with E-state index in [1.54, 1.807) is 30.3 Å². The van der Waals surface area contributed by atoms with Crippen molar-refractivity contribution in [2.24, 2.45) is 0 Å². The van der Waals surface area contributed by atoms with E-state index in [1.165, 1.54) is 19.2 Å². The van der Waals surface area contributed by atoms with E-state index >= 15 is 0 Å². The quantitative estimate of drug-likeness (QED) is 0.692. The first-order chi connectivity index (χ1) is 10.1. The zero-order valence-electron chi connectivity index (χ0n) is 12.0. The SMILES string of the molecule is CCN(c1ccc(F)cc1)c1c(N)cccc1C(=O)OC. The number of nitrogen functional groups attached to an aromatic ring is 1. The van der Waals surface area contributed by atoms with E-state index in [-0.39, 0.29) is 5.82 Å². The van der Waals surface area contributed by atoms with Crippen molar-refractivity contribution >= 4 is 23.0 Å². The molecule has 0 amide bonds. The molecule has 0 unspecified atom stereocenters. The third-order valence-electron chi connectivity index (χ3n) is 3.20. The van der Waals surface area contributed by atoms with Crippen molar-refractivity contribution in [3.63, 3.8) is 0 Å². The summed E-state index contributed by atoms with van der Waals surface area (Å²) in [5, 5.41) is 0. The lowest BCUT2D eigenvalue weighted by Crippen LogP contribution is -2.21. The number of carbonyl (C=O) groups is 1. The van der Waals surface area contributed by atoms with Crippen molar-refractivity contribution in [1.82, 2.24) is 0 Å². The van der Waals surface area contributed by atoms with E-state index in [1.807, 2.05) is 11.8 Å². The van der Waals surface area contributed by atoms with Crippen LogP contribution < -0.4 is 10.6 Å². The summed E-state index contributed by atoms with van der Waals surface area (Å²) in [6.07, 6.45) is 0. The molecule has 0 aromatic heterocycles. The lowest BCUT2D eigenvalue weighted by molar-refractivity contribution is 0.0601. The molecule has 0 atom stereocenters. The Morgan fingerprint density at radius 2 is 1.90 bits per heavy atom. The molecule has 21 heavy (non-hydrogen) atoms. The van der Waals surface area contributed by atoms with Crippen LogP contribution in [0.2, 0.25) is 0 Å². The Bertz CT molecular complexity index is 641. The van der Waals surface area contributed by atoms with Gasteiger partial charge >= 0.3 is 5.97 Å². The normalized spacial score (nSPS) is 10.2. The van der Waals surface area contributed by atoms with Gasteiger partial charge in [-0.1, -0.05) is 6.07 Å². The number of carbonyl (C=O) groups excluding carboxylic acids is 1. The average Bonchev–Trinajstić information content (AvgIpc) is 2.50. The molecule has 0 heterocycles. The van der Waals surface area contributed by atoms with Gasteiger partial charge in [0.15, 0.2) is 0 Å². The van der Waals surface area contributed by atoms with Crippen molar-refractivity contribution in [2.75, 3.05) is 24.3 Å². The van der Waals surface area contributed by atoms with Gasteiger partial charge in [0.2, 0.25) is 0 Å². The van der Waals surface area contributed by atoms with Crippen LogP contribution in [0.15, 0.2) is 42.5 Å². The van der Waals surface area contributed by atoms with E-state index in [9.17, 15) is 9.18 Å². The molecule has 0 bridgehead atoms. The molecule has 0 aliphatic carbocycles. The maximum absolute atomic E-state index is 13.1. The Balaban J connectivity index is 2.56. The zero-order valence-corrected chi connectivity index (χ0v) is 12.0. The smallest absolute Gasteiger partial charge is 0.340 e. The lowest BCUT2D eigenvalue weighted by atomic mass is 10.1. The highest BCUT2D eigenvalue weighted by molar-refractivity contribution is 6.00. The predicted octanol–water partition coefficient (Wildman–Crippen LogP) is 3.35. The minimum atomic E-state index is -0.460. The van der Waals surface area contributed by atoms with Crippen LogP contribution in [0.4, 0.5) is 21.5 Å². The van der Waals surface area contributed by atoms with Crippen molar-refractivity contribution in [3.8, 4) is 0 Å². The first-order valence-corrected chi connectivity index (χ1v) is 6.58. The van der Waals surface area contributed by atoms with Gasteiger partial charge in [-0.05, 0) is 43.3 Å². The second-order valence-corrected chi connectivity index (χ2v) is 4.46. The van der Waals surface area contributed by atoms with Gasteiger partial charge in [0, 0.05) is 12.2 Å². The number of nitrogens with zero attached hydrogens (tertiary/aromatic N) is 1. The van der Waals surface area contributed by atoms with Gasteiger partial charge in [-0.3, -0.25) is 0 Å². The van der Waals surface area contributed by atoms with Crippen molar-refractivity contribution in [1.29, 1.82) is 0 Å². The number of anilines is 3. The molecule has 110 valence electrons. The van der Waals surface area contributed by atoms with Gasteiger partial charge in [-0.25, -0.2) is 9.18 Å². The van der Waals surface area contributed by atoms with Crippen LogP contribution >= 0.6 is 0 Å². The zero-order chi connectivity index (χ0) is 15.4. The van der Waals surface area contributed by atoms with Crippen LogP contribution in [-0.2, 0) is 4.74 Å². The van der Waals surface area contributed by atoms with Crippen LogP contribution in [0.25, 0.3) is 0 Å². The molecule has 0 radical (unpaired) electrons. The molecule has 0 saturated carbocycles. The summed E-state index contributed by atoms with van der Waals surface area (Å²) in [5.74, 6) is -0.776. The van der Waals surface area contributed by atoms with Crippen molar-refractivity contribution in [2.45, 2.75) is 6.92 Å². The molecule has 0 fully saturated rings. The van der Waals surface area contributed by atoms with Crippen LogP contribution in [0, 0.1) is 5.82 Å². The maximum atomic E-state index is 13.1. The first kappa shape index (κ1) is 14.8. The molecule has 0 spiro atoms. The highest BCUT2D eigenvalue weighted by atomic mass is 19.1. The summed E-state index contributed by atoms with van der Waals surface area (Å²) in [5.41, 5.74) is 8.19. The Morgan fingerprint density at radius 1 is 1.24 bits per heavy atom. The summed E-state index contributed by atoms with van der Waals surface area (Å²) in [6.45, 7) is 2.50. The van der Waals surface area contributed by atoms with Crippen LogP contribution in [-0.4, -0.2) is 19.6 Å². The largest absolute Gasteiger partial charge is 0.465 e. The van der Waals surface area contributed by atoms with Gasteiger partial charge in [-0.2, -0.15) is 0 Å². The number of methoxy groups -OCH3 is 1. The van der Waals surface area contributed by atoms with E-state index in [2.05, 4.69) is 0 Å². The van der Waals surface area contributed by atoms with E-state index in [0.29, 0.717) is 23.5 Å². The molecule has 5 heteroatoms. The number of esters is 1. The van der Waals surface area contributed by atoms with Gasteiger partial charge in [0.25, 0.3) is 0 Å². The standard InChI is InChI=1S/C16H17FN2O2/c1-3-19(12-9-7-11(17)8-10-12)15-13(16(20)21-2)5-4-6-14(15)18/h4-10H,3,18H2,1-2H3. The number of nitrogens with two attached hydrogens (primary N) is 1. The predicted molar refractivity (Wildman–Crippen MR) is 81.3 cm³/mol. The molecule has 2 rings (SSSR count). The highest BCUT2D eigenvalue weighted by Gasteiger charge is 2.20. The fourth-order valence-electron chi connectivity index (χ4n) is 2.23. The summed E-state index contributed by atoms with van der Waals surface area (Å²) in [7, 11) is 1.32. The third kappa shape index (κ3) is 2.97. The number of hydrogen-bond donors (Lipinski definition) is 1. The second-order valence-electron chi connectivity index (χ2n) is 4.46. The van der Waals surface area contributed by atoms with Crippen LogP contribution in [0.5, 0.6) is 0 Å². The Labute approximate surface area is 122 Å². The van der Waals surface area contributed by atoms with Gasteiger partial charge in [-0.15, -0.1) is 0 Å². The van der Waals surface area contributed by atoms with Crippen molar-refractivity contribution in [3.05, 3.63) is 53.8 Å². The molecule has 4 nitrogen and oxygen atoms in total. The third-order valence-corrected chi connectivity index (χ3v) is 3.20. The van der Waals surface area contributed by atoms with Gasteiger partial charge in [0.05, 0.1) is 24.0 Å². The monoisotopic (exact) mass is 288 g/mol. The number of halogens is 1. The average molecular weight is 288 g/mol. The topological polar surface area (TPSA) is 55.6 Å².